The van der Waals surface area contributed by atoms with Gasteiger partial charge in [-0.25, -0.2) is 0 Å². The van der Waals surface area contributed by atoms with E-state index in [4.69, 9.17) is 38.0 Å². The largest absolute Gasteiger partial charge is 0.453 e. The fraction of sp³-hybridized carbons (Fsp3) is 0.280. The number of unbranched alkanes of at least 4 members (excludes halogenated alkanes) is 1. The van der Waals surface area contributed by atoms with E-state index in [1.807, 2.05) is 25.1 Å². The Morgan fingerprint density at radius 2 is 1.55 bits per heavy atom. The predicted molar refractivity (Wildman–Crippen MR) is 136 cm³/mol. The van der Waals surface area contributed by atoms with Gasteiger partial charge in [0.1, 0.15) is 0 Å². The van der Waals surface area contributed by atoms with Gasteiger partial charge in [-0.3, -0.25) is 0 Å². The highest BCUT2D eigenvalue weighted by Gasteiger charge is 2.33. The predicted octanol–water partition coefficient (Wildman–Crippen LogP) is 9.19. The maximum atomic E-state index is 6.28. The second kappa shape index (κ2) is 9.46. The zero-order chi connectivity index (χ0) is 22.0. The van der Waals surface area contributed by atoms with Crippen LogP contribution >= 0.6 is 33.2 Å². The third-order valence-electron chi connectivity index (χ3n) is 5.71. The number of ether oxygens (including phenoxy) is 1. The number of hydrogen-bond acceptors (Lipinski definition) is 2. The fourth-order valence-corrected chi connectivity index (χ4v) is 5.03. The minimum atomic E-state index is -2.75. The van der Waals surface area contributed by atoms with Gasteiger partial charge in [-0.1, -0.05) is 50.6 Å². The summed E-state index contributed by atoms with van der Waals surface area (Å²) in [5.41, 5.74) is 5.67. The van der Waals surface area contributed by atoms with Gasteiger partial charge >= 0.3 is 6.00 Å². The Kier molecular flexibility index (Phi) is 6.88. The molecule has 0 amide bonds. The topological polar surface area (TPSA) is 12.5 Å². The van der Waals surface area contributed by atoms with Crippen molar-refractivity contribution < 1.29 is 4.74 Å². The van der Waals surface area contributed by atoms with Crippen molar-refractivity contribution in [2.75, 3.05) is 4.90 Å². The Morgan fingerprint density at radius 1 is 0.871 bits per heavy atom. The summed E-state index contributed by atoms with van der Waals surface area (Å²) in [5, 5.41) is 0. The highest BCUT2D eigenvalue weighted by Crippen LogP contribution is 2.50. The van der Waals surface area contributed by atoms with Gasteiger partial charge in [-0.2, -0.15) is 0 Å². The van der Waals surface area contributed by atoms with Crippen molar-refractivity contribution in [1.29, 1.82) is 0 Å². The van der Waals surface area contributed by atoms with Crippen LogP contribution in [0.15, 0.2) is 66.7 Å². The molecule has 3 aromatic carbocycles. The van der Waals surface area contributed by atoms with Gasteiger partial charge < -0.3 is 9.64 Å². The average Bonchev–Trinajstić information content (AvgIpc) is 2.75. The number of halogens is 3. The van der Waals surface area contributed by atoms with E-state index >= 15 is 0 Å². The summed E-state index contributed by atoms with van der Waals surface area (Å²) in [7, 11) is 0. The van der Waals surface area contributed by atoms with Crippen LogP contribution < -0.4 is 9.64 Å². The van der Waals surface area contributed by atoms with Crippen LogP contribution in [0.4, 0.5) is 17.1 Å². The highest BCUT2D eigenvalue weighted by molar-refractivity contribution is 7.65. The van der Waals surface area contributed by atoms with Gasteiger partial charge in [0.2, 0.25) is 0 Å². The van der Waals surface area contributed by atoms with E-state index in [9.17, 15) is 0 Å². The monoisotopic (exact) mass is 489 g/mol. The van der Waals surface area contributed by atoms with E-state index in [0.717, 1.165) is 40.5 Å². The smallest absolute Gasteiger partial charge is 0.344 e. The van der Waals surface area contributed by atoms with Gasteiger partial charge in [0.05, 0.1) is 11.4 Å². The van der Waals surface area contributed by atoms with Crippen molar-refractivity contribution in [3.63, 3.8) is 0 Å². The van der Waals surface area contributed by atoms with Gasteiger partial charge in [-0.05, 0) is 72.3 Å². The SMILES string of the molecule is CCCCc1ccc(N2c3ccccc3Oc3cc(CC(C)[Si](Cl)(Cl)Cl)ccc32)cc1. The Balaban J connectivity index is 1.70. The molecule has 1 aliphatic rings. The van der Waals surface area contributed by atoms with Crippen LogP contribution in [0.25, 0.3) is 0 Å². The molecule has 4 rings (SSSR count). The lowest BCUT2D eigenvalue weighted by Crippen LogP contribution is -2.19. The standard InChI is InChI=1S/C25H26Cl3NOSi/c1-3-4-7-19-10-13-21(14-11-19)29-22-8-5-6-9-24(22)30-25-17-20(12-15-23(25)29)16-18(2)31(26,27)28/h5-6,8-15,17-18H,3-4,7,16H2,1-2H3. The molecule has 31 heavy (non-hydrogen) atoms. The number of hydrogen-bond donors (Lipinski definition) is 0. The zero-order valence-corrected chi connectivity index (χ0v) is 21.0. The molecule has 0 aliphatic carbocycles. The molecule has 0 saturated carbocycles. The summed E-state index contributed by atoms with van der Waals surface area (Å²) in [4.78, 5) is 2.26. The summed E-state index contributed by atoms with van der Waals surface area (Å²) < 4.78 is 6.28. The maximum absolute atomic E-state index is 6.28. The molecule has 1 aliphatic heterocycles. The zero-order valence-electron chi connectivity index (χ0n) is 17.7. The second-order valence-electron chi connectivity index (χ2n) is 8.12. The molecular formula is C25H26Cl3NOSi. The molecule has 0 N–H and O–H groups in total. The number of nitrogens with zero attached hydrogens (tertiary/aromatic N) is 1. The van der Waals surface area contributed by atoms with Gasteiger partial charge in [0, 0.05) is 5.69 Å². The van der Waals surface area contributed by atoms with E-state index in [1.165, 1.54) is 18.4 Å². The summed E-state index contributed by atoms with van der Waals surface area (Å²) in [5.74, 6) is 1.66. The van der Waals surface area contributed by atoms with E-state index in [-0.39, 0.29) is 5.54 Å². The van der Waals surface area contributed by atoms with Crippen LogP contribution in [0.5, 0.6) is 11.5 Å². The minimum absolute atomic E-state index is 0.0261. The normalized spacial score (nSPS) is 13.9. The molecule has 1 heterocycles. The lowest BCUT2D eigenvalue weighted by atomic mass is 10.0. The van der Waals surface area contributed by atoms with Crippen molar-refractivity contribution in [2.24, 2.45) is 0 Å². The first-order valence-electron chi connectivity index (χ1n) is 10.7. The summed E-state index contributed by atoms with van der Waals surface area (Å²) in [6.45, 7) is 4.22. The van der Waals surface area contributed by atoms with Crippen LogP contribution in [0, 0.1) is 0 Å². The van der Waals surface area contributed by atoms with Crippen LogP contribution in [-0.2, 0) is 12.8 Å². The number of benzene rings is 3. The molecule has 0 fully saturated rings. The third-order valence-corrected chi connectivity index (χ3v) is 10.4. The molecule has 0 spiro atoms. The summed E-state index contributed by atoms with van der Waals surface area (Å²) >= 11 is 18.7. The fourth-order valence-electron chi connectivity index (χ4n) is 3.87. The molecule has 162 valence electrons. The van der Waals surface area contributed by atoms with Crippen LogP contribution in [-0.4, -0.2) is 6.00 Å². The van der Waals surface area contributed by atoms with Crippen molar-refractivity contribution in [1.82, 2.24) is 0 Å². The Labute approximate surface area is 199 Å². The number of rotatable bonds is 7. The third kappa shape index (κ3) is 5.06. The van der Waals surface area contributed by atoms with E-state index in [0.29, 0.717) is 6.42 Å². The van der Waals surface area contributed by atoms with E-state index < -0.39 is 6.00 Å². The van der Waals surface area contributed by atoms with Gasteiger partial charge in [0.15, 0.2) is 11.5 Å². The van der Waals surface area contributed by atoms with E-state index in [2.05, 4.69) is 60.4 Å². The van der Waals surface area contributed by atoms with Crippen molar-refractivity contribution in [3.05, 3.63) is 77.9 Å². The minimum Gasteiger partial charge on any atom is -0.453 e. The molecular weight excluding hydrogens is 465 g/mol. The van der Waals surface area contributed by atoms with Crippen LogP contribution in [0.3, 0.4) is 0 Å². The van der Waals surface area contributed by atoms with Gasteiger partial charge in [-0.15, -0.1) is 33.2 Å². The Morgan fingerprint density at radius 3 is 2.26 bits per heavy atom. The highest BCUT2D eigenvalue weighted by atomic mass is 35.8. The first-order chi connectivity index (χ1) is 14.9. The summed E-state index contributed by atoms with van der Waals surface area (Å²) in [6, 6.07) is 20.5. The average molecular weight is 491 g/mol. The van der Waals surface area contributed by atoms with Crippen LogP contribution in [0.1, 0.15) is 37.8 Å². The Bertz CT molecular complexity index is 1050. The first-order valence-corrected chi connectivity index (χ1v) is 15.8. The van der Waals surface area contributed by atoms with Crippen molar-refractivity contribution in [3.8, 4) is 11.5 Å². The van der Waals surface area contributed by atoms with Crippen molar-refractivity contribution >= 4 is 56.3 Å². The second-order valence-corrected chi connectivity index (χ2v) is 17.3. The van der Waals surface area contributed by atoms with E-state index in [1.54, 1.807) is 0 Å². The number of anilines is 3. The molecule has 2 nitrogen and oxygen atoms in total. The Hall–Kier alpha value is -1.65. The maximum Gasteiger partial charge on any atom is 0.344 e. The lowest BCUT2D eigenvalue weighted by Gasteiger charge is -2.33. The molecule has 0 saturated heterocycles. The lowest BCUT2D eigenvalue weighted by molar-refractivity contribution is 0.476. The quantitative estimate of drug-likeness (QED) is 0.189. The number of para-hydroxylation sites is 2. The summed E-state index contributed by atoms with van der Waals surface area (Å²) in [6.07, 6.45) is 4.24. The molecule has 1 atom stereocenters. The molecule has 0 aromatic heterocycles. The molecule has 0 radical (unpaired) electrons. The molecule has 6 heteroatoms. The van der Waals surface area contributed by atoms with Crippen molar-refractivity contribution in [2.45, 2.75) is 45.1 Å². The molecule has 1 unspecified atom stereocenters. The first kappa shape index (κ1) is 22.5. The van der Waals surface area contributed by atoms with Gasteiger partial charge in [0.25, 0.3) is 0 Å². The number of aryl methyl sites for hydroxylation is 1. The molecule has 0 bridgehead atoms. The number of fused-ring (bicyclic) bond motifs is 2. The molecule has 3 aromatic rings. The van der Waals surface area contributed by atoms with Crippen LogP contribution in [0.2, 0.25) is 5.54 Å².